The lowest BCUT2D eigenvalue weighted by atomic mass is 10.3. The second-order valence-corrected chi connectivity index (χ2v) is 12.0. The van der Waals surface area contributed by atoms with Crippen LogP contribution in [-0.4, -0.2) is 195 Å². The van der Waals surface area contributed by atoms with E-state index in [2.05, 4.69) is 10.6 Å². The SMILES string of the molecule is CC(=O)Nc1ccc(OCCOCCOCCOCCOCCOCCOCCOCCOCCOCCOCCOCCOCCCNC(=O)CCC(=O)O)cc1. The van der Waals surface area contributed by atoms with E-state index in [0.717, 1.165) is 5.69 Å². The van der Waals surface area contributed by atoms with Crippen LogP contribution in [0.25, 0.3) is 0 Å². The lowest BCUT2D eigenvalue weighted by Crippen LogP contribution is -2.25. The molecule has 0 bridgehead atoms. The van der Waals surface area contributed by atoms with Crippen LogP contribution in [0.1, 0.15) is 26.2 Å². The number of carboxylic acids is 1. The third-order valence-corrected chi connectivity index (χ3v) is 7.12. The van der Waals surface area contributed by atoms with Gasteiger partial charge < -0.3 is 77.3 Å². The number of benzene rings is 1. The second-order valence-electron chi connectivity index (χ2n) is 12.0. The van der Waals surface area contributed by atoms with Gasteiger partial charge in [-0.25, -0.2) is 0 Å². The van der Waals surface area contributed by atoms with E-state index in [1.54, 1.807) is 24.3 Å². The average Bonchev–Trinajstić information content (AvgIpc) is 3.21. The Hall–Kier alpha value is -3.05. The molecule has 0 heterocycles. The molecule has 2 amide bonds. The van der Waals surface area contributed by atoms with Gasteiger partial charge in [0.25, 0.3) is 0 Å². The van der Waals surface area contributed by atoms with Crippen LogP contribution in [0.3, 0.4) is 0 Å². The average molecular weight is 837 g/mol. The summed E-state index contributed by atoms with van der Waals surface area (Å²) in [5.41, 5.74) is 0.725. The highest BCUT2D eigenvalue weighted by atomic mass is 16.6. The molecule has 0 spiro atoms. The van der Waals surface area contributed by atoms with Crippen molar-refractivity contribution in [2.75, 3.05) is 177 Å². The van der Waals surface area contributed by atoms with Crippen molar-refractivity contribution in [3.05, 3.63) is 24.3 Å². The van der Waals surface area contributed by atoms with E-state index < -0.39 is 5.97 Å². The molecule has 336 valence electrons. The van der Waals surface area contributed by atoms with Gasteiger partial charge in [0.05, 0.1) is 158 Å². The highest BCUT2D eigenvalue weighted by molar-refractivity contribution is 5.88. The minimum Gasteiger partial charge on any atom is -0.491 e. The Bertz CT molecular complexity index is 1090. The normalized spacial score (nSPS) is 11.2. The number of ether oxygens (including phenoxy) is 13. The molecule has 3 N–H and O–H groups in total. The van der Waals surface area contributed by atoms with Crippen LogP contribution < -0.4 is 15.4 Å². The first-order valence-corrected chi connectivity index (χ1v) is 19.9. The van der Waals surface area contributed by atoms with Crippen LogP contribution in [0, 0.1) is 0 Å². The summed E-state index contributed by atoms with van der Waals surface area (Å²) in [6.07, 6.45) is 0.462. The molecule has 19 heteroatoms. The topological polar surface area (TPSA) is 215 Å². The summed E-state index contributed by atoms with van der Waals surface area (Å²) < 4.78 is 71.3. The number of hydrogen-bond acceptors (Lipinski definition) is 16. The fraction of sp³-hybridized carbons (Fsp3) is 0.769. The van der Waals surface area contributed by atoms with Crippen LogP contribution in [0.4, 0.5) is 5.69 Å². The second kappa shape index (κ2) is 42.1. The first-order valence-electron chi connectivity index (χ1n) is 19.9. The van der Waals surface area contributed by atoms with Crippen molar-refractivity contribution in [1.82, 2.24) is 5.32 Å². The molecule has 0 radical (unpaired) electrons. The first kappa shape index (κ1) is 53.0. The number of nitrogens with one attached hydrogen (secondary N) is 2. The van der Waals surface area contributed by atoms with E-state index in [1.165, 1.54) is 6.92 Å². The van der Waals surface area contributed by atoms with Crippen molar-refractivity contribution >= 4 is 23.5 Å². The van der Waals surface area contributed by atoms with Gasteiger partial charge in [-0.05, 0) is 30.7 Å². The molecule has 0 aliphatic rings. The molecule has 0 saturated heterocycles. The molecule has 0 unspecified atom stereocenters. The first-order chi connectivity index (χ1) is 28.5. The van der Waals surface area contributed by atoms with Crippen LogP contribution in [0.15, 0.2) is 24.3 Å². The Morgan fingerprint density at radius 2 is 0.759 bits per heavy atom. The van der Waals surface area contributed by atoms with Gasteiger partial charge in [0.15, 0.2) is 0 Å². The molecule has 19 nitrogen and oxygen atoms in total. The van der Waals surface area contributed by atoms with Crippen LogP contribution in [-0.2, 0) is 71.2 Å². The third kappa shape index (κ3) is 39.8. The van der Waals surface area contributed by atoms with Crippen LogP contribution >= 0.6 is 0 Å². The van der Waals surface area contributed by atoms with E-state index in [9.17, 15) is 14.4 Å². The lowest BCUT2D eigenvalue weighted by Gasteiger charge is -2.09. The summed E-state index contributed by atoms with van der Waals surface area (Å²) in [4.78, 5) is 32.9. The maximum absolute atomic E-state index is 11.4. The van der Waals surface area contributed by atoms with Gasteiger partial charge in [-0.15, -0.1) is 0 Å². The summed E-state index contributed by atoms with van der Waals surface area (Å²) in [7, 11) is 0. The standard InChI is InChI=1S/C39H68N2O17/c1-35(42)41-36-3-5-37(6-4-36)58-34-33-57-32-31-56-30-29-55-28-27-54-26-25-53-24-23-52-22-21-51-20-19-50-18-17-49-16-15-48-14-13-47-12-11-46-10-2-9-40-38(43)7-8-39(44)45/h3-6H,2,7-34H2,1H3,(H,40,43)(H,41,42)(H,44,45). The van der Waals surface area contributed by atoms with Gasteiger partial charge in [0.2, 0.25) is 11.8 Å². The highest BCUT2D eigenvalue weighted by Crippen LogP contribution is 2.15. The quantitative estimate of drug-likeness (QED) is 0.0796. The minimum absolute atomic E-state index is 0.0149. The van der Waals surface area contributed by atoms with E-state index in [0.29, 0.717) is 184 Å². The summed E-state index contributed by atoms with van der Waals surface area (Å²) in [6.45, 7) is 13.6. The molecule has 0 aromatic heterocycles. The van der Waals surface area contributed by atoms with E-state index in [1.807, 2.05) is 0 Å². The maximum Gasteiger partial charge on any atom is 0.303 e. The molecule has 1 rings (SSSR count). The number of carbonyl (C=O) groups excluding carboxylic acids is 2. The Kier molecular flexibility index (Phi) is 38.4. The predicted molar refractivity (Wildman–Crippen MR) is 211 cm³/mol. The fourth-order valence-corrected chi connectivity index (χ4v) is 4.29. The number of carboxylic acid groups (broad SMARTS) is 1. The molecule has 58 heavy (non-hydrogen) atoms. The number of rotatable bonds is 45. The van der Waals surface area contributed by atoms with Crippen LogP contribution in [0.5, 0.6) is 5.75 Å². The van der Waals surface area contributed by atoms with E-state index in [-0.39, 0.29) is 24.7 Å². The fourth-order valence-electron chi connectivity index (χ4n) is 4.29. The van der Waals surface area contributed by atoms with Gasteiger partial charge in [-0.3, -0.25) is 14.4 Å². The molecule has 1 aromatic rings. The Labute approximate surface area is 342 Å². The zero-order valence-electron chi connectivity index (χ0n) is 34.3. The van der Waals surface area contributed by atoms with Crippen molar-refractivity contribution in [2.24, 2.45) is 0 Å². The van der Waals surface area contributed by atoms with Crippen LogP contribution in [0.2, 0.25) is 0 Å². The largest absolute Gasteiger partial charge is 0.491 e. The maximum atomic E-state index is 11.4. The minimum atomic E-state index is -0.986. The lowest BCUT2D eigenvalue weighted by molar-refractivity contribution is -0.138. The van der Waals surface area contributed by atoms with E-state index in [4.69, 9.17) is 66.7 Å². The van der Waals surface area contributed by atoms with E-state index >= 15 is 0 Å². The molecule has 1 aromatic carbocycles. The molecular weight excluding hydrogens is 768 g/mol. The summed E-state index contributed by atoms with van der Waals surface area (Å²) in [6, 6.07) is 7.15. The Morgan fingerprint density at radius 3 is 1.07 bits per heavy atom. The smallest absolute Gasteiger partial charge is 0.303 e. The molecule has 0 aliphatic carbocycles. The van der Waals surface area contributed by atoms with Gasteiger partial charge in [-0.1, -0.05) is 0 Å². The molecule has 0 fully saturated rings. The van der Waals surface area contributed by atoms with Crippen molar-refractivity contribution < 1.29 is 81.1 Å². The zero-order chi connectivity index (χ0) is 41.8. The Morgan fingerprint density at radius 1 is 0.448 bits per heavy atom. The van der Waals surface area contributed by atoms with Gasteiger partial charge in [0, 0.05) is 32.2 Å². The van der Waals surface area contributed by atoms with Gasteiger partial charge in [0.1, 0.15) is 12.4 Å². The van der Waals surface area contributed by atoms with Crippen molar-refractivity contribution in [2.45, 2.75) is 26.2 Å². The summed E-state index contributed by atoms with van der Waals surface area (Å²) in [5.74, 6) is -0.663. The molecule has 0 aliphatic heterocycles. The summed E-state index contributed by atoms with van der Waals surface area (Å²) in [5, 5.41) is 13.9. The molecule has 0 atom stereocenters. The summed E-state index contributed by atoms with van der Waals surface area (Å²) >= 11 is 0. The number of carbonyl (C=O) groups is 3. The molecule has 0 saturated carbocycles. The van der Waals surface area contributed by atoms with Crippen molar-refractivity contribution in [1.29, 1.82) is 0 Å². The molecular formula is C39H68N2O17. The zero-order valence-corrected chi connectivity index (χ0v) is 34.3. The van der Waals surface area contributed by atoms with Gasteiger partial charge >= 0.3 is 5.97 Å². The number of anilines is 1. The van der Waals surface area contributed by atoms with Gasteiger partial charge in [-0.2, -0.15) is 0 Å². The van der Waals surface area contributed by atoms with Crippen molar-refractivity contribution in [3.8, 4) is 5.75 Å². The number of aliphatic carboxylic acids is 1. The predicted octanol–water partition coefficient (Wildman–Crippen LogP) is 1.59. The number of hydrogen-bond donors (Lipinski definition) is 3. The Balaban J connectivity index is 1.64. The monoisotopic (exact) mass is 836 g/mol. The third-order valence-electron chi connectivity index (χ3n) is 7.12. The number of amides is 2. The highest BCUT2D eigenvalue weighted by Gasteiger charge is 2.04. The van der Waals surface area contributed by atoms with Crippen molar-refractivity contribution in [3.63, 3.8) is 0 Å².